The molecular weight excluding hydrogens is 318 g/mol. The Labute approximate surface area is 155 Å². The number of hydrogen-bond acceptors (Lipinski definition) is 2. The normalized spacial score (nSPS) is 16.4. The van der Waals surface area contributed by atoms with Crippen LogP contribution in [0.2, 0.25) is 0 Å². The monoisotopic (exact) mass is 341 g/mol. The Morgan fingerprint density at radius 1 is 0.846 bits per heavy atom. The molecule has 3 aromatic rings. The van der Waals surface area contributed by atoms with Gasteiger partial charge in [-0.05, 0) is 59.7 Å². The zero-order valence-corrected chi connectivity index (χ0v) is 15.3. The van der Waals surface area contributed by atoms with Crippen LogP contribution in [0.4, 0.5) is 0 Å². The third kappa shape index (κ3) is 3.28. The average molecular weight is 341 g/mol. The van der Waals surface area contributed by atoms with E-state index in [2.05, 4.69) is 67.6 Å². The van der Waals surface area contributed by atoms with E-state index in [0.29, 0.717) is 0 Å². The molecule has 0 fully saturated rings. The van der Waals surface area contributed by atoms with Crippen LogP contribution in [-0.2, 0) is 0 Å². The maximum absolute atomic E-state index is 5.23. The molecule has 0 amide bonds. The van der Waals surface area contributed by atoms with Crippen molar-refractivity contribution in [2.75, 3.05) is 7.11 Å². The zero-order chi connectivity index (χ0) is 17.9. The third-order valence-electron chi connectivity index (χ3n) is 5.14. The summed E-state index contributed by atoms with van der Waals surface area (Å²) in [6.07, 6.45) is 2.14. The summed E-state index contributed by atoms with van der Waals surface area (Å²) >= 11 is 0. The lowest BCUT2D eigenvalue weighted by molar-refractivity contribution is 0.415. The molecular formula is C24H23NO. The van der Waals surface area contributed by atoms with Crippen LogP contribution in [0.1, 0.15) is 35.6 Å². The van der Waals surface area contributed by atoms with Gasteiger partial charge in [-0.15, -0.1) is 0 Å². The molecule has 4 rings (SSSR count). The van der Waals surface area contributed by atoms with Gasteiger partial charge in [0.2, 0.25) is 0 Å². The molecule has 0 aliphatic carbocycles. The summed E-state index contributed by atoms with van der Waals surface area (Å²) in [6, 6.07) is 25.8. The molecule has 0 radical (unpaired) electrons. The van der Waals surface area contributed by atoms with Crippen molar-refractivity contribution in [1.82, 2.24) is 0 Å². The molecule has 3 aromatic carbocycles. The summed E-state index contributed by atoms with van der Waals surface area (Å²) in [5.74, 6) is 0.884. The molecule has 0 saturated carbocycles. The van der Waals surface area contributed by atoms with Crippen molar-refractivity contribution in [2.24, 2.45) is 4.99 Å². The molecule has 2 nitrogen and oxygen atoms in total. The van der Waals surface area contributed by atoms with Crippen molar-refractivity contribution in [3.63, 3.8) is 0 Å². The number of nitrogens with zero attached hydrogens (tertiary/aromatic N) is 1. The van der Waals surface area contributed by atoms with Crippen molar-refractivity contribution >= 4 is 5.71 Å². The highest BCUT2D eigenvalue weighted by atomic mass is 16.5. The summed E-state index contributed by atoms with van der Waals surface area (Å²) in [5, 5.41) is 0. The smallest absolute Gasteiger partial charge is 0.118 e. The Hall–Kier alpha value is -2.87. The van der Waals surface area contributed by atoms with Crippen LogP contribution in [0.5, 0.6) is 5.75 Å². The Kier molecular flexibility index (Phi) is 4.57. The SMILES string of the molecule is COc1ccc(-c2ccc(C3CCC(c4ccccc4C)=N3)cc2)cc1. The Morgan fingerprint density at radius 2 is 1.50 bits per heavy atom. The molecule has 1 heterocycles. The highest BCUT2D eigenvalue weighted by molar-refractivity contribution is 6.02. The molecule has 1 aliphatic heterocycles. The first-order chi connectivity index (χ1) is 12.7. The lowest BCUT2D eigenvalue weighted by atomic mass is 9.98. The van der Waals surface area contributed by atoms with Gasteiger partial charge >= 0.3 is 0 Å². The van der Waals surface area contributed by atoms with Gasteiger partial charge in [0.1, 0.15) is 5.75 Å². The predicted molar refractivity (Wildman–Crippen MR) is 108 cm³/mol. The summed E-state index contributed by atoms with van der Waals surface area (Å²) in [5.41, 5.74) is 7.56. The Balaban J connectivity index is 1.55. The number of methoxy groups -OCH3 is 1. The van der Waals surface area contributed by atoms with Crippen LogP contribution >= 0.6 is 0 Å². The fraction of sp³-hybridized carbons (Fsp3) is 0.208. The van der Waals surface area contributed by atoms with Gasteiger partial charge in [0.15, 0.2) is 0 Å². The van der Waals surface area contributed by atoms with Crippen molar-refractivity contribution in [2.45, 2.75) is 25.8 Å². The molecule has 1 aliphatic rings. The first kappa shape index (κ1) is 16.6. The minimum Gasteiger partial charge on any atom is -0.497 e. The molecule has 1 unspecified atom stereocenters. The summed E-state index contributed by atoms with van der Waals surface area (Å²) in [6.45, 7) is 2.16. The van der Waals surface area contributed by atoms with Crippen molar-refractivity contribution < 1.29 is 4.74 Å². The van der Waals surface area contributed by atoms with Gasteiger partial charge in [0.05, 0.1) is 13.2 Å². The number of aliphatic imine (C=N–C) groups is 1. The highest BCUT2D eigenvalue weighted by Crippen LogP contribution is 2.33. The summed E-state index contributed by atoms with van der Waals surface area (Å²) < 4.78 is 5.23. The van der Waals surface area contributed by atoms with Crippen molar-refractivity contribution in [1.29, 1.82) is 0 Å². The van der Waals surface area contributed by atoms with Gasteiger partial charge in [0.25, 0.3) is 0 Å². The first-order valence-electron chi connectivity index (χ1n) is 9.11. The van der Waals surface area contributed by atoms with E-state index in [0.717, 1.165) is 18.6 Å². The number of rotatable bonds is 4. The fourth-order valence-corrected chi connectivity index (χ4v) is 3.61. The molecule has 26 heavy (non-hydrogen) atoms. The second-order valence-electron chi connectivity index (χ2n) is 6.80. The fourth-order valence-electron chi connectivity index (χ4n) is 3.61. The van der Waals surface area contributed by atoms with Crippen LogP contribution < -0.4 is 4.74 Å². The average Bonchev–Trinajstić information content (AvgIpc) is 3.18. The lowest BCUT2D eigenvalue weighted by Gasteiger charge is -2.09. The topological polar surface area (TPSA) is 21.6 Å². The van der Waals surface area contributed by atoms with Crippen molar-refractivity contribution in [3.05, 3.63) is 89.5 Å². The zero-order valence-electron chi connectivity index (χ0n) is 15.3. The molecule has 0 aromatic heterocycles. The summed E-state index contributed by atoms with van der Waals surface area (Å²) in [7, 11) is 1.69. The molecule has 0 saturated heterocycles. The van der Waals surface area contributed by atoms with Crippen LogP contribution in [0.3, 0.4) is 0 Å². The Bertz CT molecular complexity index is 923. The number of aryl methyl sites for hydroxylation is 1. The van der Waals surface area contributed by atoms with E-state index in [1.807, 2.05) is 12.1 Å². The van der Waals surface area contributed by atoms with Crippen LogP contribution in [-0.4, -0.2) is 12.8 Å². The largest absolute Gasteiger partial charge is 0.497 e. The standard InChI is InChI=1S/C24H23NO/c1-17-5-3-4-6-22(17)24-16-15-23(25-24)20-9-7-18(8-10-20)19-11-13-21(26-2)14-12-19/h3-14,23H,15-16H2,1-2H3. The number of hydrogen-bond donors (Lipinski definition) is 0. The van der Waals surface area contributed by atoms with Gasteiger partial charge in [0, 0.05) is 5.71 Å². The third-order valence-corrected chi connectivity index (χ3v) is 5.14. The minimum absolute atomic E-state index is 0.273. The highest BCUT2D eigenvalue weighted by Gasteiger charge is 2.20. The van der Waals surface area contributed by atoms with Gasteiger partial charge in [-0.1, -0.05) is 60.7 Å². The van der Waals surface area contributed by atoms with E-state index in [4.69, 9.17) is 9.73 Å². The van der Waals surface area contributed by atoms with Gasteiger partial charge < -0.3 is 4.74 Å². The van der Waals surface area contributed by atoms with Gasteiger partial charge in [-0.3, -0.25) is 4.99 Å². The van der Waals surface area contributed by atoms with Gasteiger partial charge in [-0.25, -0.2) is 0 Å². The van der Waals surface area contributed by atoms with Crippen LogP contribution in [0.25, 0.3) is 11.1 Å². The van der Waals surface area contributed by atoms with E-state index in [1.54, 1.807) is 7.11 Å². The Morgan fingerprint density at radius 3 is 2.15 bits per heavy atom. The molecule has 0 spiro atoms. The van der Waals surface area contributed by atoms with Crippen molar-refractivity contribution in [3.8, 4) is 16.9 Å². The van der Waals surface area contributed by atoms with Gasteiger partial charge in [-0.2, -0.15) is 0 Å². The predicted octanol–water partition coefficient (Wildman–Crippen LogP) is 5.99. The van der Waals surface area contributed by atoms with E-state index >= 15 is 0 Å². The first-order valence-corrected chi connectivity index (χ1v) is 9.11. The van der Waals surface area contributed by atoms with Crippen LogP contribution in [0, 0.1) is 6.92 Å². The quantitative estimate of drug-likeness (QED) is 0.571. The maximum Gasteiger partial charge on any atom is 0.118 e. The second-order valence-corrected chi connectivity index (χ2v) is 6.80. The van der Waals surface area contributed by atoms with E-state index in [1.165, 1.54) is 33.5 Å². The molecule has 2 heteroatoms. The lowest BCUT2D eigenvalue weighted by Crippen LogP contribution is -1.98. The van der Waals surface area contributed by atoms with E-state index < -0.39 is 0 Å². The van der Waals surface area contributed by atoms with E-state index in [-0.39, 0.29) is 6.04 Å². The molecule has 130 valence electrons. The summed E-state index contributed by atoms with van der Waals surface area (Å²) in [4.78, 5) is 5.01. The maximum atomic E-state index is 5.23. The van der Waals surface area contributed by atoms with E-state index in [9.17, 15) is 0 Å². The minimum atomic E-state index is 0.273. The van der Waals surface area contributed by atoms with Crippen LogP contribution in [0.15, 0.2) is 77.8 Å². The number of ether oxygens (including phenoxy) is 1. The molecule has 0 N–H and O–H groups in total. The number of benzene rings is 3. The molecule has 0 bridgehead atoms. The molecule has 1 atom stereocenters. The second kappa shape index (κ2) is 7.17.